The lowest BCUT2D eigenvalue weighted by atomic mass is 10.0. The predicted octanol–water partition coefficient (Wildman–Crippen LogP) is 4.67. The fourth-order valence-electron chi connectivity index (χ4n) is 2.00. The normalized spacial score (nSPS) is 12.2. The molecule has 0 aromatic heterocycles. The molecule has 0 amide bonds. The first-order valence-corrected chi connectivity index (χ1v) is 7.73. The molecule has 0 saturated heterocycles. The van der Waals surface area contributed by atoms with E-state index < -0.39 is 18.4 Å². The number of aliphatic imine (C=N–C) groups is 1. The van der Waals surface area contributed by atoms with Crippen molar-refractivity contribution >= 4 is 27.4 Å². The molecule has 0 aliphatic carbocycles. The van der Waals surface area contributed by atoms with Crippen molar-refractivity contribution < 1.29 is 23.1 Å². The molecule has 0 fully saturated rings. The minimum atomic E-state index is -4.95. The molecule has 0 spiro atoms. The minimum Gasteiger partial charge on any atom is -0.507 e. The summed E-state index contributed by atoms with van der Waals surface area (Å²) in [5.74, 6) is -2.14. The van der Waals surface area contributed by atoms with Gasteiger partial charge in [0.15, 0.2) is 0 Å². The molecule has 2 aromatic rings. The van der Waals surface area contributed by atoms with Gasteiger partial charge in [0.25, 0.3) is 0 Å². The van der Waals surface area contributed by atoms with E-state index in [0.29, 0.717) is 4.47 Å². The molecular formula is C17H13BrF3NO2. The molecule has 2 rings (SSSR count). The van der Waals surface area contributed by atoms with Gasteiger partial charge in [-0.2, -0.15) is 13.2 Å². The molecule has 24 heavy (non-hydrogen) atoms. The van der Waals surface area contributed by atoms with E-state index in [2.05, 4.69) is 20.9 Å². The van der Waals surface area contributed by atoms with Crippen molar-refractivity contribution in [1.82, 2.24) is 0 Å². The van der Waals surface area contributed by atoms with E-state index in [-0.39, 0.29) is 23.6 Å². The third-order valence-electron chi connectivity index (χ3n) is 3.21. The van der Waals surface area contributed by atoms with Gasteiger partial charge >= 0.3 is 6.18 Å². The maximum Gasteiger partial charge on any atom is 0.450 e. The number of phenols is 1. The van der Waals surface area contributed by atoms with E-state index in [1.54, 1.807) is 36.4 Å². The van der Waals surface area contributed by atoms with Crippen LogP contribution in [-0.2, 0) is 11.3 Å². The number of phenolic OH excluding ortho intramolecular Hbond substituents is 1. The Morgan fingerprint density at radius 3 is 2.42 bits per heavy atom. The Balaban J connectivity index is 2.37. The number of carbonyl (C=O) groups is 1. The van der Waals surface area contributed by atoms with Crippen LogP contribution >= 0.6 is 15.9 Å². The average molecular weight is 400 g/mol. The van der Waals surface area contributed by atoms with E-state index in [0.717, 1.165) is 5.56 Å². The number of halogens is 4. The highest BCUT2D eigenvalue weighted by molar-refractivity contribution is 9.10. The van der Waals surface area contributed by atoms with E-state index in [4.69, 9.17) is 0 Å². The Labute approximate surface area is 145 Å². The zero-order valence-corrected chi connectivity index (χ0v) is 13.9. The molecule has 126 valence electrons. The summed E-state index contributed by atoms with van der Waals surface area (Å²) in [6.07, 6.45) is -5.88. The molecule has 0 heterocycles. The van der Waals surface area contributed by atoms with Crippen molar-refractivity contribution in [3.8, 4) is 5.75 Å². The third kappa shape index (κ3) is 4.92. The Morgan fingerprint density at radius 1 is 1.12 bits per heavy atom. The lowest BCUT2D eigenvalue weighted by Crippen LogP contribution is -2.25. The molecule has 3 nitrogen and oxygen atoms in total. The highest BCUT2D eigenvalue weighted by atomic mass is 79.9. The summed E-state index contributed by atoms with van der Waals surface area (Å²) in [5, 5.41) is 9.92. The largest absolute Gasteiger partial charge is 0.507 e. The van der Waals surface area contributed by atoms with Gasteiger partial charge in [-0.3, -0.25) is 9.79 Å². The molecule has 1 N–H and O–H groups in total. The molecule has 0 saturated carbocycles. The second-order valence-corrected chi connectivity index (χ2v) is 5.92. The van der Waals surface area contributed by atoms with Crippen LogP contribution in [0.3, 0.4) is 0 Å². The standard InChI is InChI=1S/C17H13BrF3NO2/c18-12-6-7-15(23)13(8-12)14(9-16(24)17(19,20)21)22-10-11-4-2-1-3-5-11/h1-8,23H,9-10H2. The van der Waals surface area contributed by atoms with Crippen molar-refractivity contribution in [1.29, 1.82) is 0 Å². The highest BCUT2D eigenvalue weighted by Gasteiger charge is 2.38. The van der Waals surface area contributed by atoms with Crippen LogP contribution in [0.15, 0.2) is 58.0 Å². The summed E-state index contributed by atoms with van der Waals surface area (Å²) >= 11 is 3.19. The lowest BCUT2D eigenvalue weighted by molar-refractivity contribution is -0.169. The van der Waals surface area contributed by atoms with Crippen molar-refractivity contribution in [2.24, 2.45) is 4.99 Å². The maximum atomic E-state index is 12.6. The summed E-state index contributed by atoms with van der Waals surface area (Å²) in [6.45, 7) is 0.104. The first-order valence-electron chi connectivity index (χ1n) is 6.93. The number of hydrogen-bond donors (Lipinski definition) is 1. The number of benzene rings is 2. The Hall–Kier alpha value is -2.15. The van der Waals surface area contributed by atoms with Gasteiger partial charge < -0.3 is 5.11 Å². The van der Waals surface area contributed by atoms with Crippen LogP contribution in [0.5, 0.6) is 5.75 Å². The Bertz CT molecular complexity index is 758. The quantitative estimate of drug-likeness (QED) is 0.742. The van der Waals surface area contributed by atoms with Crippen LogP contribution in [0.2, 0.25) is 0 Å². The van der Waals surface area contributed by atoms with Gasteiger partial charge in [0.05, 0.1) is 18.7 Å². The lowest BCUT2D eigenvalue weighted by Gasteiger charge is -2.11. The van der Waals surface area contributed by atoms with Crippen molar-refractivity contribution in [2.75, 3.05) is 0 Å². The number of nitrogens with zero attached hydrogens (tertiary/aromatic N) is 1. The SMILES string of the molecule is O=C(CC(=NCc1ccccc1)c1cc(Br)ccc1O)C(F)(F)F. The van der Waals surface area contributed by atoms with Crippen LogP contribution in [0, 0.1) is 0 Å². The Morgan fingerprint density at radius 2 is 1.79 bits per heavy atom. The molecule has 0 aliphatic heterocycles. The van der Waals surface area contributed by atoms with Crippen LogP contribution in [0.4, 0.5) is 13.2 Å². The maximum absolute atomic E-state index is 12.6. The van der Waals surface area contributed by atoms with Gasteiger partial charge in [-0.15, -0.1) is 0 Å². The second-order valence-electron chi connectivity index (χ2n) is 5.01. The topological polar surface area (TPSA) is 49.7 Å². The summed E-state index contributed by atoms with van der Waals surface area (Å²) in [5.41, 5.74) is 0.766. The monoisotopic (exact) mass is 399 g/mol. The fraction of sp³-hybridized carbons (Fsp3) is 0.176. The number of rotatable bonds is 5. The van der Waals surface area contributed by atoms with Crippen molar-refractivity contribution in [3.05, 3.63) is 64.1 Å². The second kappa shape index (κ2) is 7.61. The first-order chi connectivity index (χ1) is 11.3. The number of hydrogen-bond acceptors (Lipinski definition) is 3. The molecule has 0 unspecified atom stereocenters. The number of aromatic hydroxyl groups is 1. The molecule has 7 heteroatoms. The molecule has 2 aromatic carbocycles. The summed E-state index contributed by atoms with van der Waals surface area (Å²) in [7, 11) is 0. The van der Waals surface area contributed by atoms with Gasteiger partial charge in [-0.05, 0) is 23.8 Å². The van der Waals surface area contributed by atoms with Gasteiger partial charge in [-0.1, -0.05) is 46.3 Å². The zero-order chi connectivity index (χ0) is 17.7. The van der Waals surface area contributed by atoms with E-state index >= 15 is 0 Å². The molecule has 0 radical (unpaired) electrons. The highest BCUT2D eigenvalue weighted by Crippen LogP contribution is 2.26. The summed E-state index contributed by atoms with van der Waals surface area (Å²) in [6, 6.07) is 13.2. The fourth-order valence-corrected chi connectivity index (χ4v) is 2.36. The molecule has 0 bridgehead atoms. The summed E-state index contributed by atoms with van der Waals surface area (Å²) < 4.78 is 38.3. The van der Waals surface area contributed by atoms with E-state index in [9.17, 15) is 23.1 Å². The van der Waals surface area contributed by atoms with Crippen LogP contribution in [0.25, 0.3) is 0 Å². The molecule has 0 aliphatic rings. The van der Waals surface area contributed by atoms with Crippen LogP contribution in [-0.4, -0.2) is 22.8 Å². The van der Waals surface area contributed by atoms with Gasteiger partial charge in [0, 0.05) is 10.0 Å². The van der Waals surface area contributed by atoms with Crippen LogP contribution in [0.1, 0.15) is 17.5 Å². The van der Waals surface area contributed by atoms with Gasteiger partial charge in [0.2, 0.25) is 5.78 Å². The molecule has 0 atom stereocenters. The van der Waals surface area contributed by atoms with E-state index in [1.165, 1.54) is 12.1 Å². The minimum absolute atomic E-state index is 0.0953. The average Bonchev–Trinajstić information content (AvgIpc) is 2.53. The first kappa shape index (κ1) is 18.2. The van der Waals surface area contributed by atoms with Gasteiger partial charge in [0.1, 0.15) is 5.75 Å². The third-order valence-corrected chi connectivity index (χ3v) is 3.70. The van der Waals surface area contributed by atoms with Crippen molar-refractivity contribution in [2.45, 2.75) is 19.1 Å². The molecular weight excluding hydrogens is 387 g/mol. The summed E-state index contributed by atoms with van der Waals surface area (Å²) in [4.78, 5) is 15.5. The van der Waals surface area contributed by atoms with Crippen LogP contribution < -0.4 is 0 Å². The number of carbonyl (C=O) groups excluding carboxylic acids is 1. The van der Waals surface area contributed by atoms with E-state index in [1.807, 2.05) is 0 Å². The number of Topliss-reactive ketones (excluding diaryl/α,β-unsaturated/α-hetero) is 1. The predicted molar refractivity (Wildman–Crippen MR) is 88.2 cm³/mol. The Kier molecular flexibility index (Phi) is 5.77. The van der Waals surface area contributed by atoms with Gasteiger partial charge in [-0.25, -0.2) is 0 Å². The zero-order valence-electron chi connectivity index (χ0n) is 12.3. The smallest absolute Gasteiger partial charge is 0.450 e. The van der Waals surface area contributed by atoms with Crippen molar-refractivity contribution in [3.63, 3.8) is 0 Å². The number of ketones is 1. The number of alkyl halides is 3.